The highest BCUT2D eigenvalue weighted by atomic mass is 35.5. The van der Waals surface area contributed by atoms with Gasteiger partial charge in [0.05, 0.1) is 6.10 Å². The minimum atomic E-state index is -0.275. The van der Waals surface area contributed by atoms with Gasteiger partial charge in [-0.25, -0.2) is 0 Å². The molecule has 0 spiro atoms. The summed E-state index contributed by atoms with van der Waals surface area (Å²) >= 11 is 1.97. The maximum atomic E-state index is 12.2. The van der Waals surface area contributed by atoms with Crippen LogP contribution >= 0.6 is 24.2 Å². The van der Waals surface area contributed by atoms with E-state index in [0.29, 0.717) is 17.8 Å². The molecular weight excluding hydrogens is 296 g/mol. The second-order valence-electron chi connectivity index (χ2n) is 5.45. The summed E-state index contributed by atoms with van der Waals surface area (Å²) in [6, 6.07) is 0.326. The van der Waals surface area contributed by atoms with E-state index in [1.54, 1.807) is 0 Å². The third-order valence-electron chi connectivity index (χ3n) is 4.07. The van der Waals surface area contributed by atoms with E-state index in [1.165, 1.54) is 19.3 Å². The molecule has 2 rings (SSSR count). The molecule has 0 aromatic carbocycles. The molecule has 1 saturated carbocycles. The molecule has 20 heavy (non-hydrogen) atoms. The van der Waals surface area contributed by atoms with Gasteiger partial charge in [0, 0.05) is 17.8 Å². The number of carbonyl (C=O) groups is 1. The molecule has 4 nitrogen and oxygen atoms in total. The minimum Gasteiger partial charge on any atom is -0.364 e. The highest BCUT2D eigenvalue weighted by Crippen LogP contribution is 2.29. The molecule has 4 atom stereocenters. The van der Waals surface area contributed by atoms with Crippen LogP contribution in [0.5, 0.6) is 0 Å². The molecule has 1 amide bonds. The fraction of sp³-hybridized carbons (Fsp3) is 0.929. The Bertz CT molecular complexity index is 305. The fourth-order valence-electron chi connectivity index (χ4n) is 3.02. The summed E-state index contributed by atoms with van der Waals surface area (Å²) in [7, 11) is 0. The third-order valence-corrected chi connectivity index (χ3v) is 5.40. The molecule has 6 heteroatoms. The zero-order valence-electron chi connectivity index (χ0n) is 12.2. The molecular formula is C14H27ClN2O2S. The van der Waals surface area contributed by atoms with Crippen LogP contribution in [0.3, 0.4) is 0 Å². The quantitative estimate of drug-likeness (QED) is 0.813. The summed E-state index contributed by atoms with van der Waals surface area (Å²) in [6.07, 6.45) is 6.36. The fourth-order valence-corrected chi connectivity index (χ4v) is 4.22. The van der Waals surface area contributed by atoms with Gasteiger partial charge in [0.15, 0.2) is 0 Å². The number of amides is 1. The van der Waals surface area contributed by atoms with Gasteiger partial charge >= 0.3 is 0 Å². The lowest BCUT2D eigenvalue weighted by atomic mass is 9.94. The van der Waals surface area contributed by atoms with E-state index in [0.717, 1.165) is 25.0 Å². The predicted molar refractivity (Wildman–Crippen MR) is 86.5 cm³/mol. The van der Waals surface area contributed by atoms with Crippen LogP contribution in [0.1, 0.15) is 45.4 Å². The number of carbonyl (C=O) groups excluding carboxylic acids is 1. The van der Waals surface area contributed by atoms with Crippen molar-refractivity contribution in [2.45, 2.75) is 68.9 Å². The first kappa shape index (κ1) is 18.1. The van der Waals surface area contributed by atoms with Crippen LogP contribution in [0.4, 0.5) is 0 Å². The van der Waals surface area contributed by atoms with E-state index < -0.39 is 0 Å². The molecule has 2 unspecified atom stereocenters. The van der Waals surface area contributed by atoms with Gasteiger partial charge in [-0.05, 0) is 31.4 Å². The Balaban J connectivity index is 0.00000200. The zero-order valence-corrected chi connectivity index (χ0v) is 13.8. The van der Waals surface area contributed by atoms with Crippen molar-refractivity contribution >= 4 is 30.1 Å². The third kappa shape index (κ3) is 4.79. The Morgan fingerprint density at radius 2 is 2.05 bits per heavy atom. The van der Waals surface area contributed by atoms with Crippen molar-refractivity contribution in [1.29, 1.82) is 0 Å². The van der Waals surface area contributed by atoms with Gasteiger partial charge in [-0.1, -0.05) is 19.8 Å². The second-order valence-corrected chi connectivity index (χ2v) is 6.97. The first-order valence-electron chi connectivity index (χ1n) is 7.52. The summed E-state index contributed by atoms with van der Waals surface area (Å²) in [5, 5.41) is 3.79. The van der Waals surface area contributed by atoms with E-state index >= 15 is 0 Å². The van der Waals surface area contributed by atoms with Crippen LogP contribution in [0.2, 0.25) is 0 Å². The molecule has 1 aliphatic carbocycles. The first-order valence-corrected chi connectivity index (χ1v) is 8.57. The van der Waals surface area contributed by atoms with Gasteiger partial charge in [-0.2, -0.15) is 11.8 Å². The van der Waals surface area contributed by atoms with Gasteiger partial charge in [-0.15, -0.1) is 12.4 Å². The SMILES string of the molecule is CCSC1CCCCC1NC(=O)[C@@H]1CC[C@H](CN)O1.Cl. The Morgan fingerprint density at radius 3 is 2.70 bits per heavy atom. The highest BCUT2D eigenvalue weighted by Gasteiger charge is 2.33. The van der Waals surface area contributed by atoms with E-state index in [-0.39, 0.29) is 30.5 Å². The van der Waals surface area contributed by atoms with E-state index in [4.69, 9.17) is 10.5 Å². The first-order chi connectivity index (χ1) is 9.24. The van der Waals surface area contributed by atoms with E-state index in [1.807, 2.05) is 11.8 Å². The van der Waals surface area contributed by atoms with Crippen molar-refractivity contribution in [2.24, 2.45) is 5.73 Å². The van der Waals surface area contributed by atoms with Crippen LogP contribution in [-0.4, -0.2) is 41.7 Å². The topological polar surface area (TPSA) is 64.4 Å². The number of ether oxygens (including phenoxy) is 1. The largest absolute Gasteiger partial charge is 0.364 e. The van der Waals surface area contributed by atoms with Crippen molar-refractivity contribution in [2.75, 3.05) is 12.3 Å². The molecule has 0 aromatic heterocycles. The lowest BCUT2D eigenvalue weighted by Gasteiger charge is -2.32. The van der Waals surface area contributed by atoms with Crippen LogP contribution in [0.15, 0.2) is 0 Å². The minimum absolute atomic E-state index is 0. The van der Waals surface area contributed by atoms with Gasteiger partial charge in [0.1, 0.15) is 6.10 Å². The van der Waals surface area contributed by atoms with Crippen molar-refractivity contribution in [1.82, 2.24) is 5.32 Å². The highest BCUT2D eigenvalue weighted by molar-refractivity contribution is 7.99. The number of hydrogen-bond donors (Lipinski definition) is 2. The van der Waals surface area contributed by atoms with Gasteiger partial charge in [-0.3, -0.25) is 4.79 Å². The predicted octanol–water partition coefficient (Wildman–Crippen LogP) is 2.10. The smallest absolute Gasteiger partial charge is 0.249 e. The Morgan fingerprint density at radius 1 is 1.30 bits per heavy atom. The molecule has 1 aliphatic heterocycles. The van der Waals surface area contributed by atoms with Crippen LogP contribution in [-0.2, 0) is 9.53 Å². The molecule has 1 heterocycles. The van der Waals surface area contributed by atoms with Crippen molar-refractivity contribution in [3.8, 4) is 0 Å². The Labute approximate surface area is 132 Å². The van der Waals surface area contributed by atoms with Crippen LogP contribution in [0.25, 0.3) is 0 Å². The van der Waals surface area contributed by atoms with Gasteiger partial charge < -0.3 is 15.8 Å². The molecule has 3 N–H and O–H groups in total. The van der Waals surface area contributed by atoms with Crippen molar-refractivity contribution in [3.63, 3.8) is 0 Å². The number of nitrogens with two attached hydrogens (primary N) is 1. The molecule has 0 bridgehead atoms. The lowest BCUT2D eigenvalue weighted by Crippen LogP contribution is -2.47. The summed E-state index contributed by atoms with van der Waals surface area (Å²) in [5.74, 6) is 1.19. The Hall–Kier alpha value is 0.0300. The number of nitrogens with one attached hydrogen (secondary N) is 1. The summed E-state index contributed by atoms with van der Waals surface area (Å²) in [4.78, 5) is 12.2. The average molecular weight is 323 g/mol. The number of rotatable bonds is 5. The average Bonchev–Trinajstić information content (AvgIpc) is 2.90. The normalized spacial score (nSPS) is 33.5. The van der Waals surface area contributed by atoms with Crippen molar-refractivity contribution in [3.05, 3.63) is 0 Å². The maximum absolute atomic E-state index is 12.2. The monoisotopic (exact) mass is 322 g/mol. The molecule has 2 aliphatic rings. The van der Waals surface area contributed by atoms with Crippen LogP contribution < -0.4 is 11.1 Å². The Kier molecular flexibility index (Phi) is 8.25. The number of thioether (sulfide) groups is 1. The number of halogens is 1. The van der Waals surface area contributed by atoms with Gasteiger partial charge in [0.2, 0.25) is 5.91 Å². The van der Waals surface area contributed by atoms with E-state index in [9.17, 15) is 4.79 Å². The second kappa shape index (κ2) is 9.13. The lowest BCUT2D eigenvalue weighted by molar-refractivity contribution is -0.132. The zero-order chi connectivity index (χ0) is 13.7. The van der Waals surface area contributed by atoms with E-state index in [2.05, 4.69) is 12.2 Å². The standard InChI is InChI=1S/C14H26N2O2S.ClH/c1-2-19-13-6-4-3-5-11(13)16-14(17)12-8-7-10(9-15)18-12;/h10-13H,2-9,15H2,1H3,(H,16,17);1H/t10-,11?,12+,13?;/m1./s1. The number of hydrogen-bond acceptors (Lipinski definition) is 4. The summed E-state index contributed by atoms with van der Waals surface area (Å²) in [6.45, 7) is 2.70. The maximum Gasteiger partial charge on any atom is 0.249 e. The molecule has 118 valence electrons. The van der Waals surface area contributed by atoms with Crippen LogP contribution in [0, 0.1) is 0 Å². The van der Waals surface area contributed by atoms with Crippen molar-refractivity contribution < 1.29 is 9.53 Å². The molecule has 0 aromatic rings. The summed E-state index contributed by atoms with van der Waals surface area (Å²) < 4.78 is 5.67. The molecule has 1 saturated heterocycles. The molecule has 0 radical (unpaired) electrons. The molecule has 2 fully saturated rings. The summed E-state index contributed by atoms with van der Waals surface area (Å²) in [5.41, 5.74) is 5.58. The van der Waals surface area contributed by atoms with Gasteiger partial charge in [0.25, 0.3) is 0 Å².